The lowest BCUT2D eigenvalue weighted by Crippen LogP contribution is -2.44. The van der Waals surface area contributed by atoms with Gasteiger partial charge in [-0.1, -0.05) is 23.7 Å². The summed E-state index contributed by atoms with van der Waals surface area (Å²) in [4.78, 5) is 44.6. The van der Waals surface area contributed by atoms with Crippen molar-refractivity contribution in [2.75, 3.05) is 26.4 Å². The number of alkyl halides is 2. The molecule has 12 nitrogen and oxygen atoms in total. The fraction of sp³-hybridized carbons (Fsp3) is 0.370. The van der Waals surface area contributed by atoms with Crippen molar-refractivity contribution in [2.45, 2.75) is 38.1 Å². The van der Waals surface area contributed by atoms with Crippen molar-refractivity contribution in [2.24, 2.45) is 5.73 Å². The third-order valence-electron chi connectivity index (χ3n) is 6.91. The molecule has 1 aromatic carbocycles. The SMILES string of the molecule is NCC(=O)OCN(Cc1ccc(Cl)cc1)C(=O)c1cc(O[C@H]2CCN3C(=O)OC[C@@H]3C2)c(-c2cnn(C(F)F)c2)cn1. The predicted octanol–water partition coefficient (Wildman–Crippen LogP) is 3.46. The molecule has 3 aromatic rings. The van der Waals surface area contributed by atoms with Crippen molar-refractivity contribution in [3.8, 4) is 16.9 Å². The maximum absolute atomic E-state index is 13.7. The number of benzene rings is 1. The van der Waals surface area contributed by atoms with Crippen LogP contribution >= 0.6 is 11.6 Å². The Kier molecular flexibility index (Phi) is 8.83. The lowest BCUT2D eigenvalue weighted by molar-refractivity contribution is -0.145. The Bertz CT molecular complexity index is 1460. The zero-order chi connectivity index (χ0) is 29.8. The second-order valence-corrected chi connectivity index (χ2v) is 10.2. The molecule has 2 amide bonds. The summed E-state index contributed by atoms with van der Waals surface area (Å²) in [5, 5.41) is 4.21. The molecule has 42 heavy (non-hydrogen) atoms. The summed E-state index contributed by atoms with van der Waals surface area (Å²) >= 11 is 5.99. The first kappa shape index (κ1) is 29.2. The number of amides is 2. The van der Waals surface area contributed by atoms with Gasteiger partial charge in [0.15, 0.2) is 6.73 Å². The summed E-state index contributed by atoms with van der Waals surface area (Å²) in [5.41, 5.74) is 6.68. The van der Waals surface area contributed by atoms with Crippen molar-refractivity contribution >= 4 is 29.6 Å². The first-order valence-electron chi connectivity index (χ1n) is 13.0. The highest BCUT2D eigenvalue weighted by molar-refractivity contribution is 6.30. The molecule has 0 radical (unpaired) electrons. The minimum Gasteiger partial charge on any atom is -0.489 e. The molecule has 2 saturated heterocycles. The van der Waals surface area contributed by atoms with E-state index in [-0.39, 0.29) is 49.4 Å². The van der Waals surface area contributed by atoms with Gasteiger partial charge in [0.05, 0.1) is 18.8 Å². The van der Waals surface area contributed by atoms with E-state index in [0.717, 1.165) is 6.20 Å². The number of halogens is 3. The molecule has 5 rings (SSSR count). The van der Waals surface area contributed by atoms with Crippen LogP contribution in [0.15, 0.2) is 48.9 Å². The summed E-state index contributed by atoms with van der Waals surface area (Å²) in [6, 6.07) is 8.04. The van der Waals surface area contributed by atoms with Gasteiger partial charge in [-0.25, -0.2) is 9.48 Å². The number of pyridine rings is 1. The number of aromatic nitrogens is 3. The van der Waals surface area contributed by atoms with E-state index in [2.05, 4.69) is 10.1 Å². The van der Waals surface area contributed by atoms with Crippen molar-refractivity contribution in [3.05, 3.63) is 65.2 Å². The lowest BCUT2D eigenvalue weighted by Gasteiger charge is -2.33. The van der Waals surface area contributed by atoms with Gasteiger partial charge < -0.3 is 24.8 Å². The van der Waals surface area contributed by atoms with E-state index in [1.165, 1.54) is 23.4 Å². The Morgan fingerprint density at radius 3 is 2.74 bits per heavy atom. The normalized spacial score (nSPS) is 18.0. The molecule has 2 aromatic heterocycles. The molecular weight excluding hydrogens is 578 g/mol. The Morgan fingerprint density at radius 2 is 2.02 bits per heavy atom. The Balaban J connectivity index is 1.44. The fourth-order valence-corrected chi connectivity index (χ4v) is 4.88. The van der Waals surface area contributed by atoms with Crippen LogP contribution in [0.3, 0.4) is 0 Å². The van der Waals surface area contributed by atoms with Crippen molar-refractivity contribution < 1.29 is 37.4 Å². The number of fused-ring (bicyclic) bond motifs is 1. The largest absolute Gasteiger partial charge is 0.489 e. The maximum Gasteiger partial charge on any atom is 0.410 e. The third-order valence-corrected chi connectivity index (χ3v) is 7.17. The third kappa shape index (κ3) is 6.60. The Morgan fingerprint density at radius 1 is 1.24 bits per heavy atom. The van der Waals surface area contributed by atoms with Crippen LogP contribution < -0.4 is 10.5 Å². The highest BCUT2D eigenvalue weighted by Crippen LogP contribution is 2.34. The first-order valence-corrected chi connectivity index (χ1v) is 13.4. The summed E-state index contributed by atoms with van der Waals surface area (Å²) in [6.45, 7) is -2.89. The van der Waals surface area contributed by atoms with Crippen LogP contribution in [0.25, 0.3) is 11.1 Å². The molecule has 2 atom stereocenters. The van der Waals surface area contributed by atoms with Crippen LogP contribution in [-0.4, -0.2) is 81.1 Å². The van der Waals surface area contributed by atoms with Gasteiger partial charge in [-0.3, -0.25) is 19.5 Å². The second kappa shape index (κ2) is 12.7. The number of nitrogens with zero attached hydrogens (tertiary/aromatic N) is 5. The molecule has 2 N–H and O–H groups in total. The quantitative estimate of drug-likeness (QED) is 0.272. The number of nitrogens with two attached hydrogens (primary N) is 1. The molecule has 222 valence electrons. The average Bonchev–Trinajstić information content (AvgIpc) is 3.63. The van der Waals surface area contributed by atoms with E-state index in [1.807, 2.05) is 0 Å². The molecule has 2 aliphatic heterocycles. The van der Waals surface area contributed by atoms with E-state index in [1.54, 1.807) is 29.2 Å². The first-order chi connectivity index (χ1) is 20.2. The highest BCUT2D eigenvalue weighted by Gasteiger charge is 2.39. The number of esters is 1. The highest BCUT2D eigenvalue weighted by atomic mass is 35.5. The Hall–Kier alpha value is -4.30. The van der Waals surface area contributed by atoms with Gasteiger partial charge in [-0.05, 0) is 17.7 Å². The van der Waals surface area contributed by atoms with E-state index in [9.17, 15) is 23.2 Å². The molecule has 0 spiro atoms. The molecule has 0 saturated carbocycles. The van der Waals surface area contributed by atoms with Crippen LogP contribution in [0.2, 0.25) is 5.02 Å². The molecule has 0 aliphatic carbocycles. The summed E-state index contributed by atoms with van der Waals surface area (Å²) in [5.74, 6) is -1.07. The number of rotatable bonds is 10. The number of piperidine rings is 1. The molecular formula is C27H27ClF2N6O6. The smallest absolute Gasteiger partial charge is 0.410 e. The molecule has 0 bridgehead atoms. The fourth-order valence-electron chi connectivity index (χ4n) is 4.76. The van der Waals surface area contributed by atoms with Crippen molar-refractivity contribution in [3.63, 3.8) is 0 Å². The number of hydrogen-bond acceptors (Lipinski definition) is 9. The van der Waals surface area contributed by atoms with E-state index in [0.29, 0.717) is 45.8 Å². The van der Waals surface area contributed by atoms with Gasteiger partial charge in [0, 0.05) is 60.5 Å². The van der Waals surface area contributed by atoms with Gasteiger partial charge in [-0.15, -0.1) is 0 Å². The van der Waals surface area contributed by atoms with Gasteiger partial charge >= 0.3 is 18.6 Å². The topological polar surface area (TPSA) is 142 Å². The van der Waals surface area contributed by atoms with Gasteiger partial charge in [0.25, 0.3) is 5.91 Å². The minimum atomic E-state index is -2.85. The number of carbonyl (C=O) groups is 3. The molecule has 2 fully saturated rings. The Labute approximate surface area is 243 Å². The van der Waals surface area contributed by atoms with Crippen molar-refractivity contribution in [1.29, 1.82) is 0 Å². The van der Waals surface area contributed by atoms with Crippen LogP contribution in [0, 0.1) is 0 Å². The van der Waals surface area contributed by atoms with E-state index < -0.39 is 25.2 Å². The second-order valence-electron chi connectivity index (χ2n) is 9.72. The van der Waals surface area contributed by atoms with Gasteiger partial charge in [-0.2, -0.15) is 13.9 Å². The molecule has 4 heterocycles. The average molecular weight is 605 g/mol. The molecule has 15 heteroatoms. The molecule has 0 unspecified atom stereocenters. The summed E-state index contributed by atoms with van der Waals surface area (Å²) in [6.07, 6.45) is 4.00. The lowest BCUT2D eigenvalue weighted by atomic mass is 10.0. The predicted molar refractivity (Wildman–Crippen MR) is 144 cm³/mol. The van der Waals surface area contributed by atoms with Crippen LogP contribution in [0.1, 0.15) is 35.4 Å². The van der Waals surface area contributed by atoms with Gasteiger partial charge in [0.2, 0.25) is 0 Å². The van der Waals surface area contributed by atoms with Gasteiger partial charge in [0.1, 0.15) is 24.2 Å². The zero-order valence-corrected chi connectivity index (χ0v) is 23.0. The number of cyclic esters (lactones) is 1. The zero-order valence-electron chi connectivity index (χ0n) is 22.2. The maximum atomic E-state index is 13.7. The summed E-state index contributed by atoms with van der Waals surface area (Å²) in [7, 11) is 0. The van der Waals surface area contributed by atoms with Crippen molar-refractivity contribution in [1.82, 2.24) is 24.6 Å². The number of carbonyl (C=O) groups excluding carboxylic acids is 3. The summed E-state index contributed by atoms with van der Waals surface area (Å²) < 4.78 is 43.6. The van der Waals surface area contributed by atoms with E-state index >= 15 is 0 Å². The minimum absolute atomic E-state index is 0.0374. The van der Waals surface area contributed by atoms with Crippen LogP contribution in [0.5, 0.6) is 5.75 Å². The van der Waals surface area contributed by atoms with E-state index in [4.69, 9.17) is 31.5 Å². The molecule has 2 aliphatic rings. The number of hydrogen-bond donors (Lipinski definition) is 1. The monoisotopic (exact) mass is 604 g/mol. The van der Waals surface area contributed by atoms with Crippen LogP contribution in [0.4, 0.5) is 13.6 Å². The standard InChI is InChI=1S/C27H27ClF2N6O6/c28-18-3-1-16(2-4-18)12-34(15-41-24(37)9-31)25(38)22-8-23(21(11-32-22)17-10-33-36(13-17)26(29)30)42-20-5-6-35-19(7-20)14-40-27(35)39/h1-4,8,10-11,13,19-20,26H,5-7,9,12,14-15,31H2/t19-,20-/m0/s1. The van der Waals surface area contributed by atoms with Crippen LogP contribution in [-0.2, 0) is 20.8 Å². The number of ether oxygens (including phenoxy) is 3.